The Labute approximate surface area is 127 Å². The summed E-state index contributed by atoms with van der Waals surface area (Å²) in [5.74, 6) is 5.27. The first-order valence-electron chi connectivity index (χ1n) is 6.37. The van der Waals surface area contributed by atoms with Crippen molar-refractivity contribution >= 4 is 17.2 Å². The molecule has 21 heavy (non-hydrogen) atoms. The van der Waals surface area contributed by atoms with Gasteiger partial charge < -0.3 is 10.4 Å². The zero-order valence-electron chi connectivity index (χ0n) is 11.8. The summed E-state index contributed by atoms with van der Waals surface area (Å²) in [6, 6.07) is 5.51. The molecule has 0 saturated carbocycles. The number of carbonyl (C=O) groups excluding carboxylic acids is 1. The molecule has 0 bridgehead atoms. The summed E-state index contributed by atoms with van der Waals surface area (Å²) in [7, 11) is 0. The fourth-order valence-corrected chi connectivity index (χ4v) is 2.53. The predicted octanol–water partition coefficient (Wildman–Crippen LogP) is 1.43. The van der Waals surface area contributed by atoms with Gasteiger partial charge in [-0.3, -0.25) is 4.79 Å². The van der Waals surface area contributed by atoms with Crippen molar-refractivity contribution in [2.45, 2.75) is 20.4 Å². The Balaban J connectivity index is 2.01. The largest absolute Gasteiger partial charge is 0.384 e. The number of hydrogen-bond acceptors (Lipinski definition) is 5. The van der Waals surface area contributed by atoms with Crippen molar-refractivity contribution in [3.8, 4) is 11.8 Å². The fraction of sp³-hybridized carbons (Fsp3) is 0.267. The Morgan fingerprint density at radius 1 is 1.38 bits per heavy atom. The molecule has 0 aliphatic carbocycles. The lowest BCUT2D eigenvalue weighted by Gasteiger charge is -2.06. The molecule has 0 saturated heterocycles. The number of carbonyl (C=O) groups is 1. The van der Waals surface area contributed by atoms with Crippen LogP contribution in [-0.2, 0) is 6.54 Å². The topological polar surface area (TPSA) is 75.1 Å². The van der Waals surface area contributed by atoms with Gasteiger partial charge in [-0.1, -0.05) is 11.8 Å². The minimum absolute atomic E-state index is 0.155. The molecule has 0 unspecified atom stereocenters. The van der Waals surface area contributed by atoms with E-state index in [1.807, 2.05) is 12.1 Å². The van der Waals surface area contributed by atoms with Gasteiger partial charge in [0.25, 0.3) is 5.91 Å². The van der Waals surface area contributed by atoms with E-state index in [1.165, 1.54) is 11.3 Å². The molecule has 2 heterocycles. The third-order valence-corrected chi connectivity index (χ3v) is 3.72. The van der Waals surface area contributed by atoms with Crippen LogP contribution in [0.1, 0.15) is 31.5 Å². The first-order valence-corrected chi connectivity index (χ1v) is 7.19. The average molecular weight is 301 g/mol. The van der Waals surface area contributed by atoms with Crippen LogP contribution >= 0.6 is 11.3 Å². The Morgan fingerprint density at radius 2 is 2.19 bits per heavy atom. The molecule has 2 aromatic heterocycles. The van der Waals surface area contributed by atoms with Crippen LogP contribution in [0, 0.1) is 25.7 Å². The van der Waals surface area contributed by atoms with Crippen LogP contribution in [0.4, 0.5) is 0 Å². The van der Waals surface area contributed by atoms with Crippen molar-refractivity contribution in [2.75, 3.05) is 6.61 Å². The van der Waals surface area contributed by atoms with Gasteiger partial charge >= 0.3 is 0 Å². The monoisotopic (exact) mass is 301 g/mol. The van der Waals surface area contributed by atoms with Crippen molar-refractivity contribution in [3.05, 3.63) is 44.9 Å². The van der Waals surface area contributed by atoms with E-state index in [1.54, 1.807) is 19.9 Å². The number of aliphatic hydroxyl groups excluding tert-OH is 1. The standard InChI is InChI=1S/C15H15N3O2S/c1-10-8-14(11(2)18-17-10)15(20)16-9-13-6-5-12(21-13)4-3-7-19/h5-6,8,19H,7,9H2,1-2H3,(H,16,20). The van der Waals surface area contributed by atoms with Crippen molar-refractivity contribution in [3.63, 3.8) is 0 Å². The molecule has 2 aromatic rings. The van der Waals surface area contributed by atoms with Crippen LogP contribution < -0.4 is 5.32 Å². The van der Waals surface area contributed by atoms with Gasteiger partial charge in [0.1, 0.15) is 6.61 Å². The highest BCUT2D eigenvalue weighted by atomic mass is 32.1. The Morgan fingerprint density at radius 3 is 2.95 bits per heavy atom. The number of rotatable bonds is 3. The average Bonchev–Trinajstić information content (AvgIpc) is 2.93. The summed E-state index contributed by atoms with van der Waals surface area (Å²) >= 11 is 1.49. The highest BCUT2D eigenvalue weighted by Crippen LogP contribution is 2.15. The first kappa shape index (κ1) is 15.2. The van der Waals surface area contributed by atoms with Gasteiger partial charge in [-0.05, 0) is 32.0 Å². The van der Waals surface area contributed by atoms with Crippen molar-refractivity contribution in [2.24, 2.45) is 0 Å². The minimum atomic E-state index is -0.165. The lowest BCUT2D eigenvalue weighted by atomic mass is 10.2. The smallest absolute Gasteiger partial charge is 0.253 e. The molecule has 2 N–H and O–H groups in total. The fourth-order valence-electron chi connectivity index (χ4n) is 1.71. The van der Waals surface area contributed by atoms with Gasteiger partial charge in [0.05, 0.1) is 28.4 Å². The van der Waals surface area contributed by atoms with Crippen LogP contribution in [0.3, 0.4) is 0 Å². The van der Waals surface area contributed by atoms with E-state index in [9.17, 15) is 4.79 Å². The summed E-state index contributed by atoms with van der Waals surface area (Å²) < 4.78 is 0. The second kappa shape index (κ2) is 6.97. The van der Waals surface area contributed by atoms with Crippen molar-refractivity contribution in [1.29, 1.82) is 0 Å². The lowest BCUT2D eigenvalue weighted by Crippen LogP contribution is -2.23. The van der Waals surface area contributed by atoms with Gasteiger partial charge in [-0.2, -0.15) is 10.2 Å². The van der Waals surface area contributed by atoms with Crippen molar-refractivity contribution < 1.29 is 9.90 Å². The predicted molar refractivity (Wildman–Crippen MR) is 81.0 cm³/mol. The van der Waals surface area contributed by atoms with Crippen LogP contribution in [0.25, 0.3) is 0 Å². The Hall–Kier alpha value is -2.23. The number of aliphatic hydroxyl groups is 1. The van der Waals surface area contributed by atoms with E-state index in [0.717, 1.165) is 9.75 Å². The molecule has 0 aromatic carbocycles. The molecule has 0 spiro atoms. The number of nitrogens with zero attached hydrogens (tertiary/aromatic N) is 2. The maximum Gasteiger partial charge on any atom is 0.253 e. The highest BCUT2D eigenvalue weighted by molar-refractivity contribution is 7.12. The second-order valence-corrected chi connectivity index (χ2v) is 5.56. The van der Waals surface area contributed by atoms with E-state index in [4.69, 9.17) is 5.11 Å². The van der Waals surface area contributed by atoms with Gasteiger partial charge in [0, 0.05) is 4.88 Å². The number of nitrogens with one attached hydrogen (secondary N) is 1. The summed E-state index contributed by atoms with van der Waals surface area (Å²) in [4.78, 5) is 14.0. The van der Waals surface area contributed by atoms with Crippen LogP contribution in [0.2, 0.25) is 0 Å². The van der Waals surface area contributed by atoms with Gasteiger partial charge in [-0.15, -0.1) is 11.3 Å². The molecule has 0 aliphatic heterocycles. The van der Waals surface area contributed by atoms with Crippen molar-refractivity contribution in [1.82, 2.24) is 15.5 Å². The molecule has 6 heteroatoms. The van der Waals surface area contributed by atoms with E-state index in [2.05, 4.69) is 27.4 Å². The van der Waals surface area contributed by atoms with E-state index >= 15 is 0 Å². The molecule has 5 nitrogen and oxygen atoms in total. The van der Waals surface area contributed by atoms with Gasteiger partial charge in [-0.25, -0.2) is 0 Å². The molecule has 0 aliphatic rings. The molecular weight excluding hydrogens is 286 g/mol. The SMILES string of the molecule is Cc1cc(C(=O)NCc2ccc(C#CCO)s2)c(C)nn1. The molecule has 108 valence electrons. The van der Waals surface area contributed by atoms with E-state index < -0.39 is 0 Å². The highest BCUT2D eigenvalue weighted by Gasteiger charge is 2.11. The van der Waals surface area contributed by atoms with Crippen LogP contribution in [0.5, 0.6) is 0 Å². The molecule has 1 amide bonds. The molecule has 2 rings (SSSR count). The summed E-state index contributed by atoms with van der Waals surface area (Å²) in [6.07, 6.45) is 0. The van der Waals surface area contributed by atoms with Gasteiger partial charge in [0.15, 0.2) is 0 Å². The third-order valence-electron chi connectivity index (χ3n) is 2.72. The minimum Gasteiger partial charge on any atom is -0.384 e. The first-order chi connectivity index (χ1) is 10.1. The summed E-state index contributed by atoms with van der Waals surface area (Å²) in [6.45, 7) is 3.84. The Kier molecular flexibility index (Phi) is 5.04. The van der Waals surface area contributed by atoms with Gasteiger partial charge in [0.2, 0.25) is 0 Å². The van der Waals surface area contributed by atoms with E-state index in [-0.39, 0.29) is 12.5 Å². The number of thiophene rings is 1. The molecule has 0 radical (unpaired) electrons. The number of aryl methyl sites for hydroxylation is 2. The second-order valence-electron chi connectivity index (χ2n) is 4.39. The van der Waals surface area contributed by atoms with E-state index in [0.29, 0.717) is 23.5 Å². The normalized spacial score (nSPS) is 9.86. The maximum atomic E-state index is 12.1. The quantitative estimate of drug-likeness (QED) is 0.841. The Bertz CT molecular complexity index is 713. The summed E-state index contributed by atoms with van der Waals surface area (Å²) in [5.41, 5.74) is 1.86. The number of aromatic nitrogens is 2. The molecular formula is C15H15N3O2S. The zero-order valence-corrected chi connectivity index (χ0v) is 12.6. The van der Waals surface area contributed by atoms with Crippen LogP contribution in [0.15, 0.2) is 18.2 Å². The zero-order chi connectivity index (χ0) is 15.2. The summed E-state index contributed by atoms with van der Waals surface area (Å²) in [5, 5.41) is 19.4. The number of amides is 1. The molecule has 0 atom stereocenters. The lowest BCUT2D eigenvalue weighted by molar-refractivity contribution is 0.0950. The van der Waals surface area contributed by atoms with Crippen LogP contribution in [-0.4, -0.2) is 27.8 Å². The number of hydrogen-bond donors (Lipinski definition) is 2. The molecule has 0 fully saturated rings. The maximum absolute atomic E-state index is 12.1. The third kappa shape index (κ3) is 4.12.